The van der Waals surface area contributed by atoms with Crippen LogP contribution in [0.15, 0.2) is 78.0 Å². The zero-order valence-electron chi connectivity index (χ0n) is 17.1. The van der Waals surface area contributed by atoms with E-state index in [1.165, 1.54) is 17.4 Å². The van der Waals surface area contributed by atoms with Crippen molar-refractivity contribution in [2.75, 3.05) is 0 Å². The molecule has 5 rings (SSSR count). The van der Waals surface area contributed by atoms with Crippen LogP contribution in [0.1, 0.15) is 37.3 Å². The molecule has 0 saturated heterocycles. The molecule has 0 amide bonds. The van der Waals surface area contributed by atoms with E-state index in [-0.39, 0.29) is 16.9 Å². The molecule has 6 heteroatoms. The van der Waals surface area contributed by atoms with Crippen LogP contribution in [0.3, 0.4) is 0 Å². The van der Waals surface area contributed by atoms with Crippen LogP contribution < -0.4 is 11.0 Å². The Bertz CT molecular complexity index is 1400. The average Bonchev–Trinajstić information content (AvgIpc) is 3.33. The van der Waals surface area contributed by atoms with Gasteiger partial charge in [0.05, 0.1) is 5.52 Å². The van der Waals surface area contributed by atoms with Gasteiger partial charge in [0.25, 0.3) is 5.56 Å². The van der Waals surface area contributed by atoms with Crippen LogP contribution in [-0.2, 0) is 0 Å². The molecular weight excluding hydrogens is 386 g/mol. The first-order valence-electron chi connectivity index (χ1n) is 10.5. The van der Waals surface area contributed by atoms with Crippen molar-refractivity contribution in [3.05, 3.63) is 94.6 Å². The fourth-order valence-corrected chi connectivity index (χ4v) is 4.46. The quantitative estimate of drug-likeness (QED) is 0.390. The summed E-state index contributed by atoms with van der Waals surface area (Å²) < 4.78 is 3.37. The minimum absolute atomic E-state index is 0.00339. The van der Waals surface area contributed by atoms with Crippen molar-refractivity contribution in [2.45, 2.75) is 31.7 Å². The summed E-state index contributed by atoms with van der Waals surface area (Å²) in [5, 5.41) is 18.1. The standard InChI is InChI=1S/C25H23N5O/c26-23-15-17(18-10-13-29(24(31)16-18)19-5-1-2-6-19)11-14-30(23)25(27)21-9-12-28-22-8-4-3-7-20(21)22/h3-4,7-16,19,26-27H,1-2,5-6H2. The van der Waals surface area contributed by atoms with Crippen LogP contribution in [0.25, 0.3) is 22.0 Å². The first-order chi connectivity index (χ1) is 15.1. The lowest BCUT2D eigenvalue weighted by atomic mass is 10.1. The third-order valence-corrected chi connectivity index (χ3v) is 6.10. The van der Waals surface area contributed by atoms with Gasteiger partial charge in [-0.05, 0) is 54.3 Å². The highest BCUT2D eigenvalue weighted by atomic mass is 16.1. The smallest absolute Gasteiger partial charge is 0.251 e. The van der Waals surface area contributed by atoms with Crippen LogP contribution in [-0.4, -0.2) is 20.0 Å². The lowest BCUT2D eigenvalue weighted by Gasteiger charge is -2.14. The zero-order valence-corrected chi connectivity index (χ0v) is 17.1. The number of para-hydroxylation sites is 1. The van der Waals surface area contributed by atoms with E-state index >= 15 is 0 Å². The third kappa shape index (κ3) is 3.50. The predicted octanol–water partition coefficient (Wildman–Crippen LogP) is 4.33. The second-order valence-corrected chi connectivity index (χ2v) is 7.99. The maximum atomic E-state index is 12.6. The number of benzene rings is 1. The Morgan fingerprint density at radius 1 is 0.968 bits per heavy atom. The minimum atomic E-state index is 0.00339. The summed E-state index contributed by atoms with van der Waals surface area (Å²) in [5.74, 6) is 0.215. The van der Waals surface area contributed by atoms with E-state index < -0.39 is 0 Å². The number of nitrogens with one attached hydrogen (secondary N) is 2. The van der Waals surface area contributed by atoms with Gasteiger partial charge < -0.3 is 4.57 Å². The molecule has 0 atom stereocenters. The van der Waals surface area contributed by atoms with Crippen molar-refractivity contribution in [1.29, 1.82) is 10.8 Å². The van der Waals surface area contributed by atoms with Crippen LogP contribution >= 0.6 is 0 Å². The molecule has 3 aromatic heterocycles. The van der Waals surface area contributed by atoms with Gasteiger partial charge in [0.2, 0.25) is 0 Å². The Morgan fingerprint density at radius 2 is 1.71 bits per heavy atom. The maximum Gasteiger partial charge on any atom is 0.251 e. The molecule has 0 unspecified atom stereocenters. The summed E-state index contributed by atoms with van der Waals surface area (Å²) in [5.41, 5.74) is 3.31. The number of nitrogens with zero attached hydrogens (tertiary/aromatic N) is 3. The van der Waals surface area contributed by atoms with Gasteiger partial charge >= 0.3 is 0 Å². The van der Waals surface area contributed by atoms with Gasteiger partial charge in [-0.15, -0.1) is 0 Å². The number of hydrogen-bond acceptors (Lipinski definition) is 4. The number of fused-ring (bicyclic) bond motifs is 1. The summed E-state index contributed by atoms with van der Waals surface area (Å²) in [6.45, 7) is 0. The third-order valence-electron chi connectivity index (χ3n) is 6.10. The number of aromatic nitrogens is 3. The largest absolute Gasteiger partial charge is 0.312 e. The molecule has 1 aliphatic rings. The summed E-state index contributed by atoms with van der Waals surface area (Å²) in [6.07, 6.45) is 9.77. The van der Waals surface area contributed by atoms with Crippen molar-refractivity contribution in [3.63, 3.8) is 0 Å². The highest BCUT2D eigenvalue weighted by molar-refractivity contribution is 6.08. The summed E-state index contributed by atoms with van der Waals surface area (Å²) in [4.78, 5) is 17.0. The summed E-state index contributed by atoms with van der Waals surface area (Å²) in [7, 11) is 0. The second kappa shape index (κ2) is 7.80. The topological polar surface area (TPSA) is 87.5 Å². The Hall–Kier alpha value is -3.80. The molecule has 31 heavy (non-hydrogen) atoms. The Labute approximate surface area is 179 Å². The fourth-order valence-electron chi connectivity index (χ4n) is 4.46. The highest BCUT2D eigenvalue weighted by Crippen LogP contribution is 2.28. The molecule has 0 aliphatic heterocycles. The van der Waals surface area contributed by atoms with E-state index in [0.717, 1.165) is 40.4 Å². The van der Waals surface area contributed by atoms with Crippen LogP contribution in [0.4, 0.5) is 0 Å². The number of pyridine rings is 3. The van der Waals surface area contributed by atoms with Crippen LogP contribution in [0.5, 0.6) is 0 Å². The SMILES string of the molecule is N=C(c1ccnc2ccccc12)n1ccc(-c2ccn(C3CCCC3)c(=O)c2)cc1=N. The van der Waals surface area contributed by atoms with Gasteiger partial charge in [-0.3, -0.25) is 25.2 Å². The molecule has 4 aromatic rings. The molecule has 1 saturated carbocycles. The van der Waals surface area contributed by atoms with E-state index in [2.05, 4.69) is 4.98 Å². The van der Waals surface area contributed by atoms with E-state index in [9.17, 15) is 4.79 Å². The fraction of sp³-hybridized carbons (Fsp3) is 0.200. The van der Waals surface area contributed by atoms with Gasteiger partial charge in [-0.1, -0.05) is 31.0 Å². The molecule has 1 aromatic carbocycles. The molecule has 1 aliphatic carbocycles. The number of rotatable bonds is 3. The molecule has 1 fully saturated rings. The van der Waals surface area contributed by atoms with Crippen molar-refractivity contribution in [2.24, 2.45) is 0 Å². The van der Waals surface area contributed by atoms with Crippen LogP contribution in [0.2, 0.25) is 0 Å². The molecule has 3 heterocycles. The van der Waals surface area contributed by atoms with Crippen molar-refractivity contribution in [3.8, 4) is 11.1 Å². The Morgan fingerprint density at radius 3 is 2.48 bits per heavy atom. The van der Waals surface area contributed by atoms with E-state index in [0.29, 0.717) is 6.04 Å². The molecule has 154 valence electrons. The van der Waals surface area contributed by atoms with Crippen LogP contribution in [0, 0.1) is 10.8 Å². The monoisotopic (exact) mass is 409 g/mol. The van der Waals surface area contributed by atoms with Gasteiger partial charge in [-0.25, -0.2) is 0 Å². The van der Waals surface area contributed by atoms with Gasteiger partial charge in [0.1, 0.15) is 11.3 Å². The van der Waals surface area contributed by atoms with E-state index in [4.69, 9.17) is 10.8 Å². The molecular formula is C25H23N5O. The molecule has 2 N–H and O–H groups in total. The Balaban J connectivity index is 1.49. The molecule has 0 spiro atoms. The number of hydrogen-bond donors (Lipinski definition) is 2. The Kier molecular flexibility index (Phi) is 4.82. The first kappa shape index (κ1) is 19.2. The lowest BCUT2D eigenvalue weighted by molar-refractivity contribution is 0.503. The molecule has 6 nitrogen and oxygen atoms in total. The normalized spacial score (nSPS) is 14.2. The first-order valence-corrected chi connectivity index (χ1v) is 10.5. The van der Waals surface area contributed by atoms with Gasteiger partial charge in [0.15, 0.2) is 0 Å². The van der Waals surface area contributed by atoms with Crippen molar-refractivity contribution in [1.82, 2.24) is 14.1 Å². The molecule has 0 radical (unpaired) electrons. The van der Waals surface area contributed by atoms with Gasteiger partial charge in [-0.2, -0.15) is 0 Å². The summed E-state index contributed by atoms with van der Waals surface area (Å²) in [6, 6.07) is 16.9. The van der Waals surface area contributed by atoms with E-state index in [1.807, 2.05) is 47.2 Å². The van der Waals surface area contributed by atoms with Crippen molar-refractivity contribution >= 4 is 16.7 Å². The second-order valence-electron chi connectivity index (χ2n) is 7.99. The molecule has 0 bridgehead atoms. The average molecular weight is 409 g/mol. The zero-order chi connectivity index (χ0) is 21.4. The lowest BCUT2D eigenvalue weighted by Crippen LogP contribution is -2.27. The van der Waals surface area contributed by atoms with E-state index in [1.54, 1.807) is 30.6 Å². The van der Waals surface area contributed by atoms with Gasteiger partial charge in [0, 0.05) is 41.6 Å². The minimum Gasteiger partial charge on any atom is -0.312 e. The predicted molar refractivity (Wildman–Crippen MR) is 121 cm³/mol. The summed E-state index contributed by atoms with van der Waals surface area (Å²) >= 11 is 0. The maximum absolute atomic E-state index is 12.6. The van der Waals surface area contributed by atoms with Crippen molar-refractivity contribution < 1.29 is 0 Å². The highest BCUT2D eigenvalue weighted by Gasteiger charge is 2.18.